The molecule has 0 aromatic heterocycles. The first kappa shape index (κ1) is 22.7. The van der Waals surface area contributed by atoms with E-state index in [1.165, 1.54) is 0 Å². The maximum absolute atomic E-state index is 12.7. The summed E-state index contributed by atoms with van der Waals surface area (Å²) in [6.45, 7) is 4.57. The van der Waals surface area contributed by atoms with Gasteiger partial charge in [-0.2, -0.15) is 0 Å². The molecule has 0 aliphatic carbocycles. The summed E-state index contributed by atoms with van der Waals surface area (Å²) in [4.78, 5) is 38.8. The fourth-order valence-corrected chi connectivity index (χ4v) is 4.05. The average molecular weight is 469 g/mol. The molecule has 0 radical (unpaired) electrons. The van der Waals surface area contributed by atoms with Gasteiger partial charge in [-0.1, -0.05) is 19.1 Å². The number of ether oxygens (including phenoxy) is 3. The highest BCUT2D eigenvalue weighted by Gasteiger charge is 2.36. The average Bonchev–Trinajstić information content (AvgIpc) is 3.07. The lowest BCUT2D eigenvalue weighted by molar-refractivity contribution is -0.127. The zero-order valence-corrected chi connectivity index (χ0v) is 19.1. The normalized spacial score (nSPS) is 17.3. The number of nitrogens with zero attached hydrogens (tertiary/aromatic N) is 1. The Balaban J connectivity index is 1.38. The van der Waals surface area contributed by atoms with Crippen molar-refractivity contribution in [3.63, 3.8) is 0 Å². The zero-order chi connectivity index (χ0) is 23.4. The molecular formula is C24H24N2O6S. The van der Waals surface area contributed by atoms with Crippen LogP contribution in [0.1, 0.15) is 25.8 Å². The van der Waals surface area contributed by atoms with Gasteiger partial charge in [0.2, 0.25) is 5.91 Å². The van der Waals surface area contributed by atoms with Gasteiger partial charge in [0, 0.05) is 11.8 Å². The molecule has 8 nitrogen and oxygen atoms in total. The Kier molecular flexibility index (Phi) is 6.88. The number of fused-ring (bicyclic) bond motifs is 1. The first-order valence-electron chi connectivity index (χ1n) is 10.6. The molecule has 2 aromatic rings. The number of benzene rings is 2. The lowest BCUT2D eigenvalue weighted by atomic mass is 10.2. The van der Waals surface area contributed by atoms with Crippen LogP contribution in [0.2, 0.25) is 0 Å². The molecule has 2 aromatic carbocycles. The first-order chi connectivity index (χ1) is 15.9. The molecule has 1 atom stereocenters. The summed E-state index contributed by atoms with van der Waals surface area (Å²) >= 11 is 0.813. The van der Waals surface area contributed by atoms with Crippen molar-refractivity contribution in [3.8, 4) is 17.2 Å². The van der Waals surface area contributed by atoms with Crippen LogP contribution in [0.4, 0.5) is 10.5 Å². The number of carbonyl (C=O) groups excluding carboxylic acids is 3. The quantitative estimate of drug-likeness (QED) is 0.605. The number of hydrogen-bond acceptors (Lipinski definition) is 7. The van der Waals surface area contributed by atoms with E-state index in [1.807, 2.05) is 38.1 Å². The number of carbonyl (C=O) groups is 3. The molecule has 0 unspecified atom stereocenters. The van der Waals surface area contributed by atoms with Gasteiger partial charge < -0.3 is 19.5 Å². The molecule has 2 aliphatic heterocycles. The van der Waals surface area contributed by atoms with E-state index in [0.717, 1.165) is 34.4 Å². The van der Waals surface area contributed by atoms with E-state index >= 15 is 0 Å². The van der Waals surface area contributed by atoms with Gasteiger partial charge in [0.05, 0.1) is 11.0 Å². The van der Waals surface area contributed by atoms with Crippen molar-refractivity contribution in [3.05, 3.63) is 52.9 Å². The van der Waals surface area contributed by atoms with Gasteiger partial charge in [-0.05, 0) is 61.0 Å². The number of hydrogen-bond donors (Lipinski definition) is 1. The summed E-state index contributed by atoms with van der Waals surface area (Å²) in [6, 6.07) is 12.3. The summed E-state index contributed by atoms with van der Waals surface area (Å²) in [5.41, 5.74) is 1.25. The molecule has 172 valence electrons. The Hall–Kier alpha value is -3.46. The number of nitrogens with one attached hydrogen (secondary N) is 1. The highest BCUT2D eigenvalue weighted by atomic mass is 32.2. The number of anilines is 1. The highest BCUT2D eigenvalue weighted by molar-refractivity contribution is 8.18. The van der Waals surface area contributed by atoms with E-state index < -0.39 is 17.1 Å². The van der Waals surface area contributed by atoms with Crippen LogP contribution < -0.4 is 19.5 Å². The molecule has 33 heavy (non-hydrogen) atoms. The van der Waals surface area contributed by atoms with Crippen LogP contribution in [0.15, 0.2) is 47.4 Å². The Morgan fingerprint density at radius 1 is 1.15 bits per heavy atom. The summed E-state index contributed by atoms with van der Waals surface area (Å²) in [7, 11) is 0. The van der Waals surface area contributed by atoms with Crippen molar-refractivity contribution in [2.75, 3.05) is 25.1 Å². The minimum atomic E-state index is -0.498. The largest absolute Gasteiger partial charge is 0.491 e. The van der Waals surface area contributed by atoms with Crippen molar-refractivity contribution in [1.82, 2.24) is 4.90 Å². The molecule has 4 rings (SSSR count). The summed E-state index contributed by atoms with van der Waals surface area (Å²) < 4.78 is 16.7. The van der Waals surface area contributed by atoms with E-state index in [0.29, 0.717) is 30.4 Å². The third-order valence-electron chi connectivity index (χ3n) is 5.09. The van der Waals surface area contributed by atoms with Crippen LogP contribution in [0.3, 0.4) is 0 Å². The van der Waals surface area contributed by atoms with E-state index in [2.05, 4.69) is 5.32 Å². The molecule has 1 N–H and O–H groups in total. The molecule has 2 heterocycles. The second-order valence-electron chi connectivity index (χ2n) is 7.58. The van der Waals surface area contributed by atoms with Crippen LogP contribution in [0, 0.1) is 0 Å². The van der Waals surface area contributed by atoms with Crippen LogP contribution in [0.5, 0.6) is 17.2 Å². The zero-order valence-electron chi connectivity index (χ0n) is 18.3. The third kappa shape index (κ3) is 5.48. The molecule has 9 heteroatoms. The van der Waals surface area contributed by atoms with E-state index in [4.69, 9.17) is 14.2 Å². The predicted molar refractivity (Wildman–Crippen MR) is 126 cm³/mol. The third-order valence-corrected chi connectivity index (χ3v) is 6.00. The standard InChI is InChI=1S/C24H24N2O6S/c1-3-15(2)32-18-7-4-16(5-8-18)12-21-23(28)26(24(29)33-21)14-22(27)25-17-6-9-19-20(13-17)31-11-10-30-19/h4-9,12-13,15H,3,10-11,14H2,1-2H3,(H,25,27)/b21-12-/t15-/m0/s1. The minimum Gasteiger partial charge on any atom is -0.491 e. The fourth-order valence-electron chi connectivity index (χ4n) is 3.21. The van der Waals surface area contributed by atoms with Crippen molar-refractivity contribution in [2.24, 2.45) is 0 Å². The molecule has 1 fully saturated rings. The topological polar surface area (TPSA) is 94.2 Å². The van der Waals surface area contributed by atoms with Gasteiger partial charge in [0.25, 0.3) is 11.1 Å². The lowest BCUT2D eigenvalue weighted by Gasteiger charge is -2.19. The van der Waals surface area contributed by atoms with Gasteiger partial charge in [0.1, 0.15) is 25.5 Å². The first-order valence-corrected chi connectivity index (χ1v) is 11.5. The van der Waals surface area contributed by atoms with Crippen LogP contribution in [-0.2, 0) is 9.59 Å². The summed E-state index contributed by atoms with van der Waals surface area (Å²) in [6.07, 6.45) is 2.65. The predicted octanol–water partition coefficient (Wildman–Crippen LogP) is 4.31. The van der Waals surface area contributed by atoms with Gasteiger partial charge >= 0.3 is 0 Å². The maximum Gasteiger partial charge on any atom is 0.294 e. The lowest BCUT2D eigenvalue weighted by Crippen LogP contribution is -2.36. The highest BCUT2D eigenvalue weighted by Crippen LogP contribution is 2.34. The maximum atomic E-state index is 12.7. The second-order valence-corrected chi connectivity index (χ2v) is 8.57. The van der Waals surface area contributed by atoms with Gasteiger partial charge in [-0.15, -0.1) is 0 Å². The molecule has 0 bridgehead atoms. The van der Waals surface area contributed by atoms with Crippen LogP contribution in [0.25, 0.3) is 6.08 Å². The number of amides is 3. The number of rotatable bonds is 7. The Morgan fingerprint density at radius 2 is 1.88 bits per heavy atom. The van der Waals surface area contributed by atoms with E-state index in [-0.39, 0.29) is 17.6 Å². The SMILES string of the molecule is CC[C@H](C)Oc1ccc(/C=C2\SC(=O)N(CC(=O)Nc3ccc4c(c3)OCCO4)C2=O)cc1. The van der Waals surface area contributed by atoms with Crippen LogP contribution >= 0.6 is 11.8 Å². The second kappa shape index (κ2) is 9.99. The van der Waals surface area contributed by atoms with Crippen LogP contribution in [-0.4, -0.2) is 47.8 Å². The number of thioether (sulfide) groups is 1. The molecule has 1 saturated heterocycles. The van der Waals surface area contributed by atoms with Crippen molar-refractivity contribution in [2.45, 2.75) is 26.4 Å². The smallest absolute Gasteiger partial charge is 0.294 e. The van der Waals surface area contributed by atoms with Crippen molar-refractivity contribution in [1.29, 1.82) is 0 Å². The molecular weight excluding hydrogens is 444 g/mol. The fraction of sp³-hybridized carbons (Fsp3) is 0.292. The summed E-state index contributed by atoms with van der Waals surface area (Å²) in [5.74, 6) is 0.901. The Bertz CT molecular complexity index is 1100. The molecule has 0 saturated carbocycles. The Morgan fingerprint density at radius 3 is 2.61 bits per heavy atom. The molecule has 0 spiro atoms. The Labute approximate surface area is 195 Å². The number of imide groups is 1. The van der Waals surface area contributed by atoms with Crippen molar-refractivity contribution >= 4 is 40.6 Å². The molecule has 3 amide bonds. The molecule has 2 aliphatic rings. The van der Waals surface area contributed by atoms with E-state index in [9.17, 15) is 14.4 Å². The van der Waals surface area contributed by atoms with Gasteiger partial charge in [0.15, 0.2) is 11.5 Å². The monoisotopic (exact) mass is 468 g/mol. The minimum absolute atomic E-state index is 0.112. The van der Waals surface area contributed by atoms with Crippen molar-refractivity contribution < 1.29 is 28.6 Å². The van der Waals surface area contributed by atoms with Gasteiger partial charge in [-0.3, -0.25) is 19.3 Å². The summed E-state index contributed by atoms with van der Waals surface area (Å²) in [5, 5.41) is 2.20. The van der Waals surface area contributed by atoms with E-state index in [1.54, 1.807) is 24.3 Å². The van der Waals surface area contributed by atoms with Gasteiger partial charge in [-0.25, -0.2) is 0 Å².